The van der Waals surface area contributed by atoms with E-state index in [0.29, 0.717) is 5.92 Å². The van der Waals surface area contributed by atoms with Gasteiger partial charge in [-0.2, -0.15) is 5.70 Å². The zero-order valence-electron chi connectivity index (χ0n) is 30.0. The van der Waals surface area contributed by atoms with Crippen LogP contribution < -0.4 is 0 Å². The Balaban J connectivity index is 0.000000240. The van der Waals surface area contributed by atoms with Crippen LogP contribution in [0.2, 0.25) is 0 Å². The van der Waals surface area contributed by atoms with Gasteiger partial charge in [-0.1, -0.05) is 116 Å². The molecule has 0 spiro atoms. The van der Waals surface area contributed by atoms with Crippen molar-refractivity contribution in [2.75, 3.05) is 0 Å². The van der Waals surface area contributed by atoms with E-state index in [1.807, 2.05) is 30.3 Å². The summed E-state index contributed by atoms with van der Waals surface area (Å²) < 4.78 is 6.32. The quantitative estimate of drug-likeness (QED) is 0.104. The summed E-state index contributed by atoms with van der Waals surface area (Å²) in [6.07, 6.45) is 5.76. The SMILES string of the molecule is CCC(CC)C(=O)/C=C(\[N-]C(C)C)C(CC)CC.Cc1cc(-c2[c-]ccc3c2C(C)(C)c2c-3oc3ccccc23)nc2ccccc12.[Ir]. The fourth-order valence-electron chi connectivity index (χ4n) is 7.22. The standard InChI is InChI=1S/C27H20NO.C16H31NO.Ir/c1-16-15-22(28-21-13-6-4-9-17(16)21)18-11-8-12-20-24(18)27(2,3)25-19-10-5-7-14-23(19)29-26(20)25;1-7-13(8-2)15(17-12(5)6)11-16(18)14(9-3)10-4;/h4-10,12-15H,1-3H3;11-14H,7-10H2,1-6H3,(H,17,18);/q-1;;/p-1. The Morgan fingerprint density at radius 1 is 0.896 bits per heavy atom. The number of benzene rings is 3. The largest absolute Gasteiger partial charge is 0.685 e. The van der Waals surface area contributed by atoms with Crippen LogP contribution in [0.25, 0.3) is 49.8 Å². The Kier molecular flexibility index (Phi) is 12.3. The number of rotatable bonds is 10. The molecule has 2 aromatic heterocycles. The molecule has 0 atom stereocenters. The summed E-state index contributed by atoms with van der Waals surface area (Å²) in [5, 5.41) is 7.04. The molecule has 0 amide bonds. The maximum absolute atomic E-state index is 12.2. The van der Waals surface area contributed by atoms with Gasteiger partial charge in [0.05, 0.1) is 5.52 Å². The molecule has 0 aliphatic heterocycles. The topological polar surface area (TPSA) is 57.2 Å². The summed E-state index contributed by atoms with van der Waals surface area (Å²) in [5.41, 5.74) is 9.73. The van der Waals surface area contributed by atoms with Gasteiger partial charge in [-0.3, -0.25) is 9.78 Å². The molecular formula is C43H50IrN2O2-2. The molecule has 0 saturated heterocycles. The number of carbonyl (C=O) groups excluding carboxylic acids is 1. The van der Waals surface area contributed by atoms with Crippen molar-refractivity contribution in [3.05, 3.63) is 107 Å². The molecule has 1 aliphatic carbocycles. The van der Waals surface area contributed by atoms with Crippen LogP contribution in [0.4, 0.5) is 0 Å². The summed E-state index contributed by atoms with van der Waals surface area (Å²) in [4.78, 5) is 17.2. The normalized spacial score (nSPS) is 13.4. The number of furan rings is 1. The molecule has 48 heavy (non-hydrogen) atoms. The maximum Gasteiger partial charge on any atom is 0.157 e. The first-order valence-electron chi connectivity index (χ1n) is 17.5. The molecule has 5 aromatic rings. The molecule has 0 fully saturated rings. The van der Waals surface area contributed by atoms with E-state index in [1.54, 1.807) is 0 Å². The second-order valence-electron chi connectivity index (χ2n) is 13.6. The van der Waals surface area contributed by atoms with Gasteiger partial charge in [0.1, 0.15) is 11.3 Å². The second-order valence-corrected chi connectivity index (χ2v) is 13.6. The molecule has 0 saturated carbocycles. The summed E-state index contributed by atoms with van der Waals surface area (Å²) in [5.74, 6) is 1.83. The van der Waals surface area contributed by atoms with E-state index in [2.05, 4.69) is 116 Å². The first-order chi connectivity index (χ1) is 22.5. The van der Waals surface area contributed by atoms with Gasteiger partial charge < -0.3 is 9.73 Å². The van der Waals surface area contributed by atoms with Crippen LogP contribution in [-0.2, 0) is 30.3 Å². The third kappa shape index (κ3) is 7.24. The number of pyridine rings is 1. The second kappa shape index (κ2) is 15.8. The monoisotopic (exact) mass is 819 g/mol. The van der Waals surface area contributed by atoms with Crippen molar-refractivity contribution in [3.63, 3.8) is 0 Å². The van der Waals surface area contributed by atoms with Crippen molar-refractivity contribution in [2.45, 2.75) is 99.5 Å². The number of para-hydroxylation sites is 2. The molecule has 255 valence electrons. The zero-order chi connectivity index (χ0) is 33.9. The molecule has 0 bridgehead atoms. The molecule has 1 aliphatic rings. The predicted octanol–water partition coefficient (Wildman–Crippen LogP) is 12.2. The number of fused-ring (bicyclic) bond motifs is 6. The van der Waals surface area contributed by atoms with Gasteiger partial charge in [0.15, 0.2) is 5.78 Å². The zero-order valence-corrected chi connectivity index (χ0v) is 32.4. The number of ketones is 1. The van der Waals surface area contributed by atoms with E-state index in [9.17, 15) is 4.79 Å². The number of allylic oxidation sites excluding steroid dienone is 2. The smallest absolute Gasteiger partial charge is 0.157 e. The Bertz CT molecular complexity index is 1910. The van der Waals surface area contributed by atoms with E-state index >= 15 is 0 Å². The van der Waals surface area contributed by atoms with Crippen LogP contribution in [0.5, 0.6) is 0 Å². The van der Waals surface area contributed by atoms with E-state index in [-0.39, 0.29) is 43.3 Å². The molecule has 0 unspecified atom stereocenters. The molecule has 3 aromatic carbocycles. The van der Waals surface area contributed by atoms with Gasteiger partial charge in [-0.15, -0.1) is 35.4 Å². The molecule has 1 radical (unpaired) electrons. The first-order valence-corrected chi connectivity index (χ1v) is 17.5. The minimum Gasteiger partial charge on any atom is -0.685 e. The Morgan fingerprint density at radius 3 is 2.17 bits per heavy atom. The number of aryl methyl sites for hydroxylation is 1. The van der Waals surface area contributed by atoms with Crippen LogP contribution in [-0.4, -0.2) is 16.8 Å². The molecular weight excluding hydrogens is 769 g/mol. The average Bonchev–Trinajstić information content (AvgIpc) is 3.56. The summed E-state index contributed by atoms with van der Waals surface area (Å²) in [6, 6.07) is 26.7. The number of aromatic nitrogens is 1. The first kappa shape index (κ1) is 37.3. The average molecular weight is 819 g/mol. The van der Waals surface area contributed by atoms with Gasteiger partial charge >= 0.3 is 0 Å². The van der Waals surface area contributed by atoms with Crippen molar-refractivity contribution >= 4 is 27.7 Å². The van der Waals surface area contributed by atoms with Gasteiger partial charge in [-0.25, -0.2) is 0 Å². The fourth-order valence-corrected chi connectivity index (χ4v) is 7.22. The van der Waals surface area contributed by atoms with Crippen molar-refractivity contribution in [3.8, 4) is 22.6 Å². The van der Waals surface area contributed by atoms with Crippen LogP contribution in [0.3, 0.4) is 0 Å². The van der Waals surface area contributed by atoms with Crippen LogP contribution in [0.1, 0.15) is 97.8 Å². The van der Waals surface area contributed by atoms with Crippen molar-refractivity contribution in [2.24, 2.45) is 11.8 Å². The number of hydrogen-bond acceptors (Lipinski definition) is 3. The Labute approximate surface area is 301 Å². The molecule has 2 heterocycles. The predicted molar refractivity (Wildman–Crippen MR) is 198 cm³/mol. The van der Waals surface area contributed by atoms with Crippen LogP contribution >= 0.6 is 0 Å². The summed E-state index contributed by atoms with van der Waals surface area (Å²) >= 11 is 0. The van der Waals surface area contributed by atoms with E-state index < -0.39 is 0 Å². The maximum atomic E-state index is 12.2. The summed E-state index contributed by atoms with van der Waals surface area (Å²) in [7, 11) is 0. The van der Waals surface area contributed by atoms with Gasteiger partial charge in [0.25, 0.3) is 0 Å². The van der Waals surface area contributed by atoms with E-state index in [1.165, 1.54) is 27.5 Å². The van der Waals surface area contributed by atoms with Crippen molar-refractivity contribution in [1.82, 2.24) is 4.98 Å². The van der Waals surface area contributed by atoms with Crippen LogP contribution in [0.15, 0.2) is 82.9 Å². The Hall–Kier alpha value is -3.53. The van der Waals surface area contributed by atoms with Gasteiger partial charge in [0.2, 0.25) is 0 Å². The van der Waals surface area contributed by atoms with Crippen LogP contribution in [0, 0.1) is 24.8 Å². The third-order valence-corrected chi connectivity index (χ3v) is 9.76. The van der Waals surface area contributed by atoms with Crippen molar-refractivity contribution in [1.29, 1.82) is 0 Å². The molecule has 6 rings (SSSR count). The fraction of sp³-hybridized carbons (Fsp3) is 0.395. The number of nitrogens with zero attached hydrogens (tertiary/aromatic N) is 2. The molecule has 0 N–H and O–H groups in total. The minimum atomic E-state index is -0.189. The number of hydrogen-bond donors (Lipinski definition) is 0. The summed E-state index contributed by atoms with van der Waals surface area (Å²) in [6.45, 7) is 19.3. The van der Waals surface area contributed by atoms with Crippen molar-refractivity contribution < 1.29 is 29.3 Å². The van der Waals surface area contributed by atoms with E-state index in [4.69, 9.17) is 9.40 Å². The number of carbonyl (C=O) groups is 1. The van der Waals surface area contributed by atoms with Gasteiger partial charge in [0, 0.05) is 42.4 Å². The molecule has 4 nitrogen and oxygen atoms in total. The Morgan fingerprint density at radius 2 is 1.52 bits per heavy atom. The van der Waals surface area contributed by atoms with E-state index in [0.717, 1.165) is 65.1 Å². The minimum absolute atomic E-state index is 0. The van der Waals surface area contributed by atoms with Gasteiger partial charge in [-0.05, 0) is 60.6 Å². The third-order valence-electron chi connectivity index (χ3n) is 9.76. The molecule has 5 heteroatoms.